The summed E-state index contributed by atoms with van der Waals surface area (Å²) in [5.41, 5.74) is 1.29. The summed E-state index contributed by atoms with van der Waals surface area (Å²) in [5.74, 6) is 1.27. The van der Waals surface area contributed by atoms with E-state index in [0.717, 1.165) is 11.5 Å². The van der Waals surface area contributed by atoms with Crippen molar-refractivity contribution in [2.75, 3.05) is 13.7 Å². The minimum atomic E-state index is -0.107. The molecular weight excluding hydrogens is 350 g/mol. The quantitative estimate of drug-likeness (QED) is 0.493. The van der Waals surface area contributed by atoms with E-state index in [0.29, 0.717) is 40.0 Å². The second-order valence-electron chi connectivity index (χ2n) is 5.23. The maximum atomic E-state index is 12.8. The third-order valence-corrected chi connectivity index (χ3v) is 4.66. The molecule has 2 heterocycles. The van der Waals surface area contributed by atoms with E-state index in [1.165, 1.54) is 11.8 Å². The van der Waals surface area contributed by atoms with Crippen LogP contribution in [0.3, 0.4) is 0 Å². The van der Waals surface area contributed by atoms with Gasteiger partial charge >= 0.3 is 0 Å². The third kappa shape index (κ3) is 3.63. The molecule has 6 nitrogen and oxygen atoms in total. The topological polar surface area (TPSA) is 70.2 Å². The Labute approximate surface area is 147 Å². The van der Waals surface area contributed by atoms with Crippen molar-refractivity contribution < 1.29 is 9.26 Å². The number of aryl methyl sites for hydroxylation is 1. The molecule has 0 radical (unpaired) electrons. The zero-order valence-electron chi connectivity index (χ0n) is 13.3. The van der Waals surface area contributed by atoms with E-state index < -0.39 is 0 Å². The number of hydrogen-bond acceptors (Lipinski definition) is 6. The predicted octanol–water partition coefficient (Wildman–Crippen LogP) is 3.29. The Balaban J connectivity index is 2.00. The molecule has 0 spiro atoms. The summed E-state index contributed by atoms with van der Waals surface area (Å²) in [7, 11) is 1.60. The molecule has 0 N–H and O–H groups in total. The lowest BCUT2D eigenvalue weighted by molar-refractivity contribution is 0.183. The minimum absolute atomic E-state index is 0.107. The van der Waals surface area contributed by atoms with Crippen LogP contribution in [0.1, 0.15) is 11.5 Å². The maximum Gasteiger partial charge on any atom is 0.262 e. The van der Waals surface area contributed by atoms with Gasteiger partial charge in [0.15, 0.2) is 5.16 Å². The summed E-state index contributed by atoms with van der Waals surface area (Å²) in [6, 6.07) is 6.95. The molecule has 0 atom stereocenters. The Morgan fingerprint density at radius 1 is 1.38 bits per heavy atom. The molecular formula is C16H16ClN3O3S. The average molecular weight is 366 g/mol. The van der Waals surface area contributed by atoms with Gasteiger partial charge in [-0.25, -0.2) is 4.98 Å². The molecule has 0 bridgehead atoms. The van der Waals surface area contributed by atoms with Gasteiger partial charge in [0.05, 0.1) is 35.5 Å². The fourth-order valence-corrected chi connectivity index (χ4v) is 3.35. The molecule has 1 aromatic carbocycles. The largest absolute Gasteiger partial charge is 0.383 e. The van der Waals surface area contributed by atoms with E-state index in [4.69, 9.17) is 20.9 Å². The zero-order chi connectivity index (χ0) is 17.1. The summed E-state index contributed by atoms with van der Waals surface area (Å²) >= 11 is 7.44. The second kappa shape index (κ2) is 7.38. The molecule has 0 saturated heterocycles. The molecule has 0 aliphatic heterocycles. The molecule has 0 unspecified atom stereocenters. The van der Waals surface area contributed by atoms with Crippen molar-refractivity contribution in [2.24, 2.45) is 0 Å². The van der Waals surface area contributed by atoms with Crippen molar-refractivity contribution in [3.05, 3.63) is 51.1 Å². The van der Waals surface area contributed by atoms with E-state index in [-0.39, 0.29) is 5.56 Å². The number of methoxy groups -OCH3 is 1. The number of fused-ring (bicyclic) bond motifs is 1. The smallest absolute Gasteiger partial charge is 0.262 e. The van der Waals surface area contributed by atoms with Gasteiger partial charge in [0.2, 0.25) is 0 Å². The highest BCUT2D eigenvalue weighted by molar-refractivity contribution is 7.98. The summed E-state index contributed by atoms with van der Waals surface area (Å²) in [4.78, 5) is 17.4. The van der Waals surface area contributed by atoms with Gasteiger partial charge in [-0.15, -0.1) is 0 Å². The molecule has 24 heavy (non-hydrogen) atoms. The highest BCUT2D eigenvalue weighted by Gasteiger charge is 2.13. The Hall–Kier alpha value is -1.83. The van der Waals surface area contributed by atoms with E-state index in [2.05, 4.69) is 10.1 Å². The van der Waals surface area contributed by atoms with E-state index in [9.17, 15) is 4.79 Å². The number of thioether (sulfide) groups is 1. The van der Waals surface area contributed by atoms with Crippen LogP contribution in [-0.4, -0.2) is 28.4 Å². The van der Waals surface area contributed by atoms with Crippen LogP contribution >= 0.6 is 23.4 Å². The monoisotopic (exact) mass is 365 g/mol. The Morgan fingerprint density at radius 3 is 2.92 bits per heavy atom. The standard InChI is InChI=1S/C16H16ClN3O3S/c1-10-7-12(23-19-10)9-24-16-18-14-8-11(17)3-4-13(14)15(21)20(16)5-6-22-2/h3-4,7-8H,5-6,9H2,1-2H3. The zero-order valence-corrected chi connectivity index (χ0v) is 14.9. The number of halogens is 1. The number of nitrogens with zero attached hydrogens (tertiary/aromatic N) is 3. The maximum absolute atomic E-state index is 12.8. The number of aromatic nitrogens is 3. The molecule has 126 valence electrons. The van der Waals surface area contributed by atoms with Crippen LogP contribution in [0.5, 0.6) is 0 Å². The van der Waals surface area contributed by atoms with Crippen molar-refractivity contribution >= 4 is 34.3 Å². The van der Waals surface area contributed by atoms with Crippen molar-refractivity contribution in [2.45, 2.75) is 24.4 Å². The molecule has 0 aliphatic rings. The van der Waals surface area contributed by atoms with Crippen molar-refractivity contribution in [1.82, 2.24) is 14.7 Å². The first-order valence-corrected chi connectivity index (χ1v) is 8.69. The normalized spacial score (nSPS) is 11.3. The third-order valence-electron chi connectivity index (χ3n) is 3.42. The van der Waals surface area contributed by atoms with Gasteiger partial charge in [-0.1, -0.05) is 28.5 Å². The lowest BCUT2D eigenvalue weighted by atomic mass is 10.2. The van der Waals surface area contributed by atoms with Crippen LogP contribution < -0.4 is 5.56 Å². The lowest BCUT2D eigenvalue weighted by Crippen LogP contribution is -2.25. The van der Waals surface area contributed by atoms with Crippen LogP contribution in [0.4, 0.5) is 0 Å². The first-order valence-electron chi connectivity index (χ1n) is 7.32. The molecule has 0 saturated carbocycles. The highest BCUT2D eigenvalue weighted by Crippen LogP contribution is 2.23. The van der Waals surface area contributed by atoms with Crippen molar-refractivity contribution in [3.8, 4) is 0 Å². The molecule has 3 rings (SSSR count). The van der Waals surface area contributed by atoms with Crippen molar-refractivity contribution in [3.63, 3.8) is 0 Å². The van der Waals surface area contributed by atoms with Crippen LogP contribution in [0, 0.1) is 6.92 Å². The number of hydrogen-bond donors (Lipinski definition) is 0. The van der Waals surface area contributed by atoms with Crippen LogP contribution in [0.15, 0.2) is 38.7 Å². The number of benzene rings is 1. The first-order chi connectivity index (χ1) is 11.6. The number of rotatable bonds is 6. The second-order valence-corrected chi connectivity index (χ2v) is 6.61. The van der Waals surface area contributed by atoms with Gasteiger partial charge in [-0.05, 0) is 25.1 Å². The predicted molar refractivity (Wildman–Crippen MR) is 93.7 cm³/mol. The van der Waals surface area contributed by atoms with Crippen molar-refractivity contribution in [1.29, 1.82) is 0 Å². The summed E-state index contributed by atoms with van der Waals surface area (Å²) in [5, 5.41) is 5.55. The summed E-state index contributed by atoms with van der Waals surface area (Å²) in [6.07, 6.45) is 0. The Morgan fingerprint density at radius 2 is 2.21 bits per heavy atom. The molecule has 0 amide bonds. The van der Waals surface area contributed by atoms with Gasteiger partial charge in [0.1, 0.15) is 5.76 Å². The van der Waals surface area contributed by atoms with Crippen LogP contribution in [-0.2, 0) is 17.0 Å². The Kier molecular flexibility index (Phi) is 5.23. The van der Waals surface area contributed by atoms with Gasteiger partial charge in [0.25, 0.3) is 5.56 Å². The fraction of sp³-hybridized carbons (Fsp3) is 0.312. The van der Waals surface area contributed by atoms with Crippen LogP contribution in [0.2, 0.25) is 5.02 Å². The molecule has 3 aromatic rings. The first kappa shape index (κ1) is 17.0. The van der Waals surface area contributed by atoms with Gasteiger partial charge in [-0.3, -0.25) is 9.36 Å². The van der Waals surface area contributed by atoms with Crippen LogP contribution in [0.25, 0.3) is 10.9 Å². The molecule has 2 aromatic heterocycles. The van der Waals surface area contributed by atoms with Gasteiger partial charge in [-0.2, -0.15) is 0 Å². The lowest BCUT2D eigenvalue weighted by Gasteiger charge is -2.12. The minimum Gasteiger partial charge on any atom is -0.383 e. The molecule has 0 aliphatic carbocycles. The molecule has 0 fully saturated rings. The molecule has 8 heteroatoms. The fourth-order valence-electron chi connectivity index (χ4n) is 2.28. The van der Waals surface area contributed by atoms with Gasteiger partial charge in [0, 0.05) is 18.2 Å². The van der Waals surface area contributed by atoms with E-state index in [1.54, 1.807) is 29.9 Å². The van der Waals surface area contributed by atoms with E-state index in [1.807, 2.05) is 13.0 Å². The Bertz CT molecular complexity index is 923. The summed E-state index contributed by atoms with van der Waals surface area (Å²) < 4.78 is 11.9. The summed E-state index contributed by atoms with van der Waals surface area (Å²) in [6.45, 7) is 2.72. The average Bonchev–Trinajstić information content (AvgIpc) is 2.97. The SMILES string of the molecule is COCCn1c(SCc2cc(C)no2)nc2cc(Cl)ccc2c1=O. The van der Waals surface area contributed by atoms with Gasteiger partial charge < -0.3 is 9.26 Å². The van der Waals surface area contributed by atoms with E-state index >= 15 is 0 Å². The number of ether oxygens (including phenoxy) is 1. The highest BCUT2D eigenvalue weighted by atomic mass is 35.5.